The average molecular weight is 417 g/mol. The van der Waals surface area contributed by atoms with Gasteiger partial charge in [-0.2, -0.15) is 0 Å². The molecule has 1 heterocycles. The van der Waals surface area contributed by atoms with E-state index in [4.69, 9.17) is 0 Å². The van der Waals surface area contributed by atoms with E-state index in [2.05, 4.69) is 64.2 Å². The van der Waals surface area contributed by atoms with Crippen molar-refractivity contribution < 1.29 is 44.0 Å². The zero-order chi connectivity index (χ0) is 15.1. The van der Waals surface area contributed by atoms with E-state index in [-0.39, 0.29) is 44.0 Å². The van der Waals surface area contributed by atoms with Gasteiger partial charge < -0.3 is 24.8 Å². The largest absolute Gasteiger partial charge is 1.00 e. The summed E-state index contributed by atoms with van der Waals surface area (Å²) in [5.41, 5.74) is 6.33. The van der Waals surface area contributed by atoms with E-state index >= 15 is 0 Å². The van der Waals surface area contributed by atoms with Crippen molar-refractivity contribution in [3.05, 3.63) is 57.0 Å². The molecule has 0 amide bonds. The number of hydrogen-bond donors (Lipinski definition) is 0. The van der Waals surface area contributed by atoms with Gasteiger partial charge in [-0.05, 0) is 0 Å². The molecule has 0 N–H and O–H groups in total. The first-order valence-corrected chi connectivity index (χ1v) is 13.3. The van der Waals surface area contributed by atoms with Gasteiger partial charge in [-0.15, -0.1) is 0 Å². The summed E-state index contributed by atoms with van der Waals surface area (Å²) >= 11 is -0.0818. The van der Waals surface area contributed by atoms with E-state index in [0.29, 0.717) is 0 Å². The Morgan fingerprint density at radius 2 is 1.65 bits per heavy atom. The third-order valence-electron chi connectivity index (χ3n) is 4.73. The molecule has 3 rings (SSSR count). The smallest absolute Gasteiger partial charge is 1.00 e. The molecule has 2 unspecified atom stereocenters. The van der Waals surface area contributed by atoms with E-state index in [1.807, 2.05) is 8.80 Å². The number of hydrogen-bond acceptors (Lipinski definition) is 0. The fourth-order valence-corrected chi connectivity index (χ4v) is 11.5. The summed E-state index contributed by atoms with van der Waals surface area (Å²) in [6, 6.07) is 9.11. The molecule has 0 bridgehead atoms. The second kappa shape index (κ2) is 8.57. The molecule has 0 fully saturated rings. The molecule has 0 saturated heterocycles. The van der Waals surface area contributed by atoms with Crippen molar-refractivity contribution >= 4 is 26.7 Å². The van der Waals surface area contributed by atoms with Gasteiger partial charge in [-0.25, -0.2) is 0 Å². The van der Waals surface area contributed by atoms with Crippen molar-refractivity contribution in [2.24, 2.45) is 0 Å². The van der Waals surface area contributed by atoms with Crippen molar-refractivity contribution in [3.8, 4) is 0 Å². The molecule has 0 spiro atoms. The van der Waals surface area contributed by atoms with Gasteiger partial charge in [0, 0.05) is 0 Å². The quantitative estimate of drug-likeness (QED) is 0.535. The van der Waals surface area contributed by atoms with Crippen LogP contribution in [0, 0.1) is 20.8 Å². The van der Waals surface area contributed by atoms with Gasteiger partial charge in [0.15, 0.2) is 0 Å². The third kappa shape index (κ3) is 4.09. The molecule has 0 aliphatic heterocycles. The molecule has 1 aromatic carbocycles. The minimum absolute atomic E-state index is 0. The number of fused-ring (bicyclic) bond motifs is 1. The van der Waals surface area contributed by atoms with Gasteiger partial charge in [0.05, 0.1) is 0 Å². The van der Waals surface area contributed by atoms with Crippen molar-refractivity contribution in [2.45, 2.75) is 38.1 Å². The molecule has 0 radical (unpaired) electrons. The molecule has 2 aromatic rings. The molecule has 2 atom stereocenters. The number of halogens is 2. The Labute approximate surface area is 165 Å². The molecular formula is C18H23Cl2PSiTi. The topological polar surface area (TPSA) is 0 Å². The van der Waals surface area contributed by atoms with E-state index in [1.165, 1.54) is 5.56 Å². The molecule has 1 aromatic heterocycles. The predicted molar refractivity (Wildman–Crippen MR) is 95.8 cm³/mol. The average Bonchev–Trinajstić information content (AvgIpc) is 2.94. The number of benzene rings is 1. The molecular weight excluding hydrogens is 394 g/mol. The molecule has 122 valence electrons. The van der Waals surface area contributed by atoms with Crippen LogP contribution in [-0.2, 0) is 19.2 Å². The van der Waals surface area contributed by atoms with Gasteiger partial charge in [-0.3, -0.25) is 0 Å². The van der Waals surface area contributed by atoms with Gasteiger partial charge in [0.1, 0.15) is 0 Å². The SMILES string of the molecule is Cc1[pH][c]([Ti+2][CH]2C([SiH](C)C)=Cc3ccccc32)c(C)c1C.[Cl-].[Cl-]. The van der Waals surface area contributed by atoms with E-state index in [1.54, 1.807) is 22.0 Å². The first-order chi connectivity index (χ1) is 9.99. The Morgan fingerprint density at radius 1 is 1.00 bits per heavy atom. The summed E-state index contributed by atoms with van der Waals surface area (Å²) < 4.78 is 2.61. The number of aryl methyl sites for hydroxylation is 1. The summed E-state index contributed by atoms with van der Waals surface area (Å²) in [7, 11) is 0.264. The molecule has 23 heavy (non-hydrogen) atoms. The molecule has 0 saturated carbocycles. The van der Waals surface area contributed by atoms with Crippen molar-refractivity contribution in [2.75, 3.05) is 0 Å². The molecule has 1 aliphatic rings. The second-order valence-corrected chi connectivity index (χ2v) is 13.8. The Morgan fingerprint density at radius 3 is 2.22 bits per heavy atom. The Bertz CT molecular complexity index is 722. The monoisotopic (exact) mass is 416 g/mol. The normalized spacial score (nSPS) is 15.7. The fraction of sp³-hybridized carbons (Fsp3) is 0.333. The van der Waals surface area contributed by atoms with Crippen LogP contribution in [-0.4, -0.2) is 8.80 Å². The summed E-state index contributed by atoms with van der Waals surface area (Å²) in [5.74, 6) is 0. The molecule has 1 aliphatic carbocycles. The second-order valence-electron chi connectivity index (χ2n) is 6.38. The minimum atomic E-state index is -0.720. The minimum Gasteiger partial charge on any atom is -1.00 e. The fourth-order valence-electron chi connectivity index (χ4n) is 3.14. The van der Waals surface area contributed by atoms with Crippen LogP contribution >= 0.6 is 8.19 Å². The van der Waals surface area contributed by atoms with E-state index in [9.17, 15) is 0 Å². The molecule has 0 nitrogen and oxygen atoms in total. The Balaban J connectivity index is 0.00000132. The first-order valence-electron chi connectivity index (χ1n) is 7.71. The standard InChI is InChI=1S/C11H13Si.C7H10P.2ClH.Ti/c1-12(2)11-7-9-5-3-4-6-10(9)8-11;1-5-4-8-7(3)6(5)2;;;/h3-8,12H,1-2H3;8H,1-3H3;2*1H;/q;;;;+2/p-2. The van der Waals surface area contributed by atoms with Gasteiger partial charge >= 0.3 is 141 Å². The van der Waals surface area contributed by atoms with Crippen LogP contribution in [0.25, 0.3) is 6.08 Å². The zero-order valence-electron chi connectivity index (χ0n) is 14.3. The Hall–Kier alpha value is 0.251. The maximum Gasteiger partial charge on any atom is -1.00 e. The maximum atomic E-state index is 2.53. The summed E-state index contributed by atoms with van der Waals surface area (Å²) in [6.45, 7) is 12.0. The Kier molecular flexibility index (Phi) is 7.93. The van der Waals surface area contributed by atoms with Gasteiger partial charge in [-0.1, -0.05) is 0 Å². The van der Waals surface area contributed by atoms with Crippen LogP contribution < -0.4 is 28.4 Å². The van der Waals surface area contributed by atoms with E-state index in [0.717, 1.165) is 12.4 Å². The van der Waals surface area contributed by atoms with Crippen LogP contribution in [0.15, 0.2) is 29.5 Å². The summed E-state index contributed by atoms with van der Waals surface area (Å²) in [6.07, 6.45) is 2.53. The van der Waals surface area contributed by atoms with Crippen LogP contribution in [0.3, 0.4) is 0 Å². The number of rotatable bonds is 3. The number of allylic oxidation sites excluding steroid dienone is 1. The summed E-state index contributed by atoms with van der Waals surface area (Å²) in [5, 5.41) is 3.44. The third-order valence-corrected chi connectivity index (χ3v) is 12.1. The maximum absolute atomic E-state index is 2.53. The zero-order valence-corrected chi connectivity index (χ0v) is 19.5. The van der Waals surface area contributed by atoms with Crippen LogP contribution in [0.1, 0.15) is 31.8 Å². The predicted octanol–water partition coefficient (Wildman–Crippen LogP) is -1.48. The van der Waals surface area contributed by atoms with E-state index < -0.39 is 8.80 Å². The first kappa shape index (κ1) is 21.3. The van der Waals surface area contributed by atoms with Crippen LogP contribution in [0.5, 0.6) is 0 Å². The van der Waals surface area contributed by atoms with Crippen molar-refractivity contribution in [1.29, 1.82) is 0 Å². The van der Waals surface area contributed by atoms with Crippen molar-refractivity contribution in [1.82, 2.24) is 0 Å². The van der Waals surface area contributed by atoms with Gasteiger partial charge in [0.25, 0.3) is 0 Å². The molecule has 5 heteroatoms. The summed E-state index contributed by atoms with van der Waals surface area (Å²) in [4.78, 5) is 0. The van der Waals surface area contributed by atoms with Crippen molar-refractivity contribution in [3.63, 3.8) is 0 Å². The van der Waals surface area contributed by atoms with Gasteiger partial charge in [0.2, 0.25) is 0 Å². The van der Waals surface area contributed by atoms with Crippen LogP contribution in [0.4, 0.5) is 0 Å². The van der Waals surface area contributed by atoms with Crippen LogP contribution in [0.2, 0.25) is 13.1 Å².